The molecule has 0 radical (unpaired) electrons. The van der Waals surface area contributed by atoms with Gasteiger partial charge in [0.15, 0.2) is 29.1 Å². The molecule has 2 N–H and O–H groups in total. The van der Waals surface area contributed by atoms with Crippen LogP contribution >= 0.6 is 0 Å². The molecule has 10 heteroatoms. The van der Waals surface area contributed by atoms with Crippen LogP contribution in [0.4, 0.5) is 0 Å². The van der Waals surface area contributed by atoms with E-state index in [2.05, 4.69) is 4.74 Å². The first-order valence-electron chi connectivity index (χ1n) is 9.32. The molecule has 170 valence electrons. The summed E-state index contributed by atoms with van der Waals surface area (Å²) in [6.07, 6.45) is 0.321. The van der Waals surface area contributed by atoms with Crippen molar-refractivity contribution in [3.63, 3.8) is 0 Å². The van der Waals surface area contributed by atoms with Crippen LogP contribution in [0, 0.1) is 0 Å². The minimum absolute atomic E-state index is 0.163. The van der Waals surface area contributed by atoms with E-state index in [1.54, 1.807) is 0 Å². The normalized spacial score (nSPS) is 17.0. The van der Waals surface area contributed by atoms with Gasteiger partial charge in [-0.25, -0.2) is 9.59 Å². The van der Waals surface area contributed by atoms with Crippen LogP contribution in [0.3, 0.4) is 0 Å². The Balaban J connectivity index is 2.10. The van der Waals surface area contributed by atoms with Crippen LogP contribution in [-0.2, 0) is 19.1 Å². The molecule has 2 aromatic carbocycles. The fourth-order valence-electron chi connectivity index (χ4n) is 3.16. The Kier molecular flexibility index (Phi) is 6.62. The van der Waals surface area contributed by atoms with Gasteiger partial charge in [0.05, 0.1) is 28.4 Å². The van der Waals surface area contributed by atoms with E-state index in [0.717, 1.165) is 0 Å². The number of phenols is 2. The van der Waals surface area contributed by atoms with Gasteiger partial charge in [0.2, 0.25) is 6.10 Å². The highest BCUT2D eigenvalue weighted by atomic mass is 16.6. The van der Waals surface area contributed by atoms with Crippen LogP contribution in [0.25, 0.3) is 6.08 Å². The zero-order valence-corrected chi connectivity index (χ0v) is 17.8. The van der Waals surface area contributed by atoms with Crippen molar-refractivity contribution in [3.8, 4) is 34.5 Å². The number of carbonyl (C=O) groups excluding carboxylic acids is 2. The van der Waals surface area contributed by atoms with E-state index in [0.29, 0.717) is 11.3 Å². The predicted octanol–water partition coefficient (Wildman–Crippen LogP) is 2.36. The molecule has 0 saturated heterocycles. The van der Waals surface area contributed by atoms with Crippen molar-refractivity contribution in [2.24, 2.45) is 0 Å². The lowest BCUT2D eigenvalue weighted by molar-refractivity contribution is -0.155. The number of carbonyl (C=O) groups is 2. The van der Waals surface area contributed by atoms with Crippen LogP contribution in [-0.4, -0.2) is 56.7 Å². The van der Waals surface area contributed by atoms with Gasteiger partial charge in [-0.05, 0) is 18.2 Å². The van der Waals surface area contributed by atoms with E-state index in [1.807, 2.05) is 0 Å². The quantitative estimate of drug-likeness (QED) is 0.387. The monoisotopic (exact) mass is 446 g/mol. The molecule has 2 atom stereocenters. The average Bonchev–Trinajstić information content (AvgIpc) is 2.81. The summed E-state index contributed by atoms with van der Waals surface area (Å²) >= 11 is 0. The zero-order chi connectivity index (χ0) is 23.4. The Hall–Kier alpha value is -4.08. The van der Waals surface area contributed by atoms with Crippen molar-refractivity contribution in [3.05, 3.63) is 41.5 Å². The van der Waals surface area contributed by atoms with Crippen molar-refractivity contribution >= 4 is 18.0 Å². The highest BCUT2D eigenvalue weighted by Gasteiger charge is 2.41. The van der Waals surface area contributed by atoms with Crippen LogP contribution < -0.4 is 18.9 Å². The lowest BCUT2D eigenvalue weighted by Gasteiger charge is -2.33. The first-order chi connectivity index (χ1) is 15.3. The number of esters is 2. The number of rotatable bonds is 6. The Morgan fingerprint density at radius 1 is 0.875 bits per heavy atom. The topological polar surface area (TPSA) is 130 Å². The molecule has 0 bridgehead atoms. The first kappa shape index (κ1) is 22.6. The molecule has 10 nitrogen and oxygen atoms in total. The molecule has 0 aromatic heterocycles. The number of hydrogen-bond donors (Lipinski definition) is 2. The number of phenolic OH excluding ortho intramolecular Hbond substituents is 2. The van der Waals surface area contributed by atoms with E-state index in [4.69, 9.17) is 23.7 Å². The summed E-state index contributed by atoms with van der Waals surface area (Å²) in [6.45, 7) is 0. The molecule has 1 heterocycles. The number of hydrogen-bond acceptors (Lipinski definition) is 10. The van der Waals surface area contributed by atoms with E-state index < -0.39 is 35.6 Å². The fourth-order valence-corrected chi connectivity index (χ4v) is 3.16. The molecule has 0 saturated carbocycles. The molecule has 0 fully saturated rings. The van der Waals surface area contributed by atoms with E-state index in [9.17, 15) is 19.8 Å². The highest BCUT2D eigenvalue weighted by molar-refractivity contribution is 5.88. The van der Waals surface area contributed by atoms with Crippen molar-refractivity contribution < 1.29 is 48.2 Å². The predicted molar refractivity (Wildman–Crippen MR) is 110 cm³/mol. The van der Waals surface area contributed by atoms with Gasteiger partial charge in [0.25, 0.3) is 0 Å². The summed E-state index contributed by atoms with van der Waals surface area (Å²) in [4.78, 5) is 23.9. The molecule has 1 aliphatic rings. The Morgan fingerprint density at radius 2 is 1.53 bits per heavy atom. The summed E-state index contributed by atoms with van der Waals surface area (Å²) in [7, 11) is 5.26. The maximum Gasteiger partial charge on any atom is 0.351 e. The van der Waals surface area contributed by atoms with E-state index in [-0.39, 0.29) is 22.8 Å². The van der Waals surface area contributed by atoms with E-state index >= 15 is 0 Å². The van der Waals surface area contributed by atoms with Crippen LogP contribution in [0.15, 0.2) is 30.3 Å². The third-order valence-corrected chi connectivity index (χ3v) is 4.75. The van der Waals surface area contributed by atoms with Crippen LogP contribution in [0.1, 0.15) is 17.2 Å². The average molecular weight is 446 g/mol. The lowest BCUT2D eigenvalue weighted by atomic mass is 10.00. The second-order valence-corrected chi connectivity index (χ2v) is 6.58. The molecule has 32 heavy (non-hydrogen) atoms. The molecule has 0 aliphatic carbocycles. The molecular weight excluding hydrogens is 424 g/mol. The minimum Gasteiger partial charge on any atom is -0.504 e. The van der Waals surface area contributed by atoms with Gasteiger partial charge in [0, 0.05) is 29.3 Å². The second-order valence-electron chi connectivity index (χ2n) is 6.58. The zero-order valence-electron chi connectivity index (χ0n) is 17.8. The number of fused-ring (bicyclic) bond motifs is 1. The third-order valence-electron chi connectivity index (χ3n) is 4.75. The smallest absolute Gasteiger partial charge is 0.351 e. The summed E-state index contributed by atoms with van der Waals surface area (Å²) in [5.74, 6) is -1.17. The van der Waals surface area contributed by atoms with Crippen molar-refractivity contribution in [1.29, 1.82) is 0 Å². The molecule has 2 aromatic rings. The van der Waals surface area contributed by atoms with Gasteiger partial charge in [-0.3, -0.25) is 0 Å². The molecule has 3 rings (SSSR count). The second kappa shape index (κ2) is 9.38. The van der Waals surface area contributed by atoms with Gasteiger partial charge in [-0.15, -0.1) is 0 Å². The summed E-state index contributed by atoms with van der Waals surface area (Å²) in [6, 6.07) is 5.47. The number of methoxy groups -OCH3 is 4. The van der Waals surface area contributed by atoms with Crippen molar-refractivity contribution in [1.82, 2.24) is 0 Å². The largest absolute Gasteiger partial charge is 0.504 e. The van der Waals surface area contributed by atoms with Gasteiger partial charge in [0.1, 0.15) is 11.5 Å². The van der Waals surface area contributed by atoms with Gasteiger partial charge >= 0.3 is 11.9 Å². The fraction of sp³-hybridized carbons (Fsp3) is 0.273. The van der Waals surface area contributed by atoms with Crippen LogP contribution in [0.5, 0.6) is 34.5 Å². The van der Waals surface area contributed by atoms with Crippen molar-refractivity contribution in [2.75, 3.05) is 28.4 Å². The van der Waals surface area contributed by atoms with Gasteiger partial charge in [-0.1, -0.05) is 0 Å². The molecule has 0 amide bonds. The van der Waals surface area contributed by atoms with Gasteiger partial charge < -0.3 is 38.6 Å². The molecule has 0 unspecified atom stereocenters. The van der Waals surface area contributed by atoms with Crippen molar-refractivity contribution in [2.45, 2.75) is 12.2 Å². The standard InChI is InChI=1S/C22H22O10/c1-27-15-10-18-17(7-11(15)5-6-19(25)29-3)32-21(22(26)30-4)20(31-18)12-8-13(23)14(24)9-16(12)28-2/h5-10,20-21,23-24H,1-4H3/b6-5+/t20-,21-/m1/s1. The molecule has 1 aliphatic heterocycles. The number of aromatic hydroxyl groups is 2. The number of benzene rings is 2. The summed E-state index contributed by atoms with van der Waals surface area (Å²) < 4.78 is 32.0. The maximum atomic E-state index is 12.5. The Bertz CT molecular complexity index is 1060. The number of ether oxygens (including phenoxy) is 6. The first-order valence-corrected chi connectivity index (χ1v) is 9.32. The highest BCUT2D eigenvalue weighted by Crippen LogP contribution is 2.47. The maximum absolute atomic E-state index is 12.5. The van der Waals surface area contributed by atoms with Crippen LogP contribution in [0.2, 0.25) is 0 Å². The third kappa shape index (κ3) is 4.34. The Labute approximate surface area is 183 Å². The molecular formula is C22H22O10. The summed E-state index contributed by atoms with van der Waals surface area (Å²) in [5, 5.41) is 19.8. The molecule has 0 spiro atoms. The lowest BCUT2D eigenvalue weighted by Crippen LogP contribution is -2.40. The van der Waals surface area contributed by atoms with E-state index in [1.165, 1.54) is 64.9 Å². The van der Waals surface area contributed by atoms with Gasteiger partial charge in [-0.2, -0.15) is 0 Å². The Morgan fingerprint density at radius 3 is 2.16 bits per heavy atom. The summed E-state index contributed by atoms with van der Waals surface area (Å²) in [5.41, 5.74) is 0.722. The SMILES string of the molecule is COC(=O)/C=C/c1cc2c(cc1OC)O[C@H](c1cc(O)c(O)cc1OC)[C@H](C(=O)OC)O2. The minimum atomic E-state index is -1.27.